The average Bonchev–Trinajstić information content (AvgIpc) is 2.38. The molecular formula is C12H19N5O2. The third-order valence-corrected chi connectivity index (χ3v) is 3.44. The van der Waals surface area contributed by atoms with Crippen molar-refractivity contribution in [2.75, 3.05) is 37.0 Å². The molecule has 1 aromatic rings. The minimum absolute atomic E-state index is 0.0524. The largest absolute Gasteiger partial charge is 0.366 e. The van der Waals surface area contributed by atoms with Crippen molar-refractivity contribution >= 4 is 17.1 Å². The lowest BCUT2D eigenvalue weighted by atomic mass is 10.1. The lowest BCUT2D eigenvalue weighted by Crippen LogP contribution is -2.50. The van der Waals surface area contributed by atoms with Gasteiger partial charge in [0.15, 0.2) is 0 Å². The number of nitro benzene ring substituents is 1. The van der Waals surface area contributed by atoms with Gasteiger partial charge in [-0.1, -0.05) is 0 Å². The van der Waals surface area contributed by atoms with Crippen molar-refractivity contribution in [1.82, 2.24) is 4.90 Å². The van der Waals surface area contributed by atoms with Gasteiger partial charge < -0.3 is 15.2 Å². The first-order valence-electron chi connectivity index (χ1n) is 6.22. The number of nitrogens with one attached hydrogen (secondary N) is 1. The van der Waals surface area contributed by atoms with Crippen LogP contribution in [0.25, 0.3) is 0 Å². The topological polar surface area (TPSA) is 87.7 Å². The number of non-ortho nitro benzene ring substituents is 1. The van der Waals surface area contributed by atoms with Gasteiger partial charge in [-0.05, 0) is 20.0 Å². The summed E-state index contributed by atoms with van der Waals surface area (Å²) in [5.74, 6) is 5.37. The molecule has 7 heteroatoms. The number of benzene rings is 1. The van der Waals surface area contributed by atoms with Crippen LogP contribution in [0.4, 0.5) is 17.1 Å². The number of hydrogen-bond acceptors (Lipinski definition) is 6. The van der Waals surface area contributed by atoms with Gasteiger partial charge in [-0.25, -0.2) is 0 Å². The van der Waals surface area contributed by atoms with E-state index in [4.69, 9.17) is 5.84 Å². The molecule has 19 heavy (non-hydrogen) atoms. The fourth-order valence-electron chi connectivity index (χ4n) is 2.47. The van der Waals surface area contributed by atoms with Crippen LogP contribution in [0.5, 0.6) is 0 Å². The molecule has 1 saturated heterocycles. The van der Waals surface area contributed by atoms with Crippen molar-refractivity contribution in [3.63, 3.8) is 0 Å². The Hall–Kier alpha value is -1.86. The van der Waals surface area contributed by atoms with Crippen LogP contribution in [0.1, 0.15) is 6.92 Å². The molecule has 2 rings (SSSR count). The number of nitrogens with zero attached hydrogens (tertiary/aromatic N) is 3. The number of nitro groups is 1. The predicted molar refractivity (Wildman–Crippen MR) is 75.2 cm³/mol. The van der Waals surface area contributed by atoms with E-state index in [0.29, 0.717) is 11.7 Å². The average molecular weight is 265 g/mol. The number of piperazine rings is 1. The highest BCUT2D eigenvalue weighted by Crippen LogP contribution is 2.28. The summed E-state index contributed by atoms with van der Waals surface area (Å²) in [5, 5.41) is 10.9. The van der Waals surface area contributed by atoms with Gasteiger partial charge in [-0.3, -0.25) is 16.0 Å². The van der Waals surface area contributed by atoms with Gasteiger partial charge in [-0.2, -0.15) is 0 Å². The van der Waals surface area contributed by atoms with Crippen LogP contribution >= 0.6 is 0 Å². The molecule has 1 aliphatic rings. The Morgan fingerprint density at radius 1 is 1.42 bits per heavy atom. The lowest BCUT2D eigenvalue weighted by Gasteiger charge is -2.39. The minimum atomic E-state index is -0.398. The summed E-state index contributed by atoms with van der Waals surface area (Å²) in [6.45, 7) is 4.85. The van der Waals surface area contributed by atoms with Crippen LogP contribution in [0.2, 0.25) is 0 Å². The molecule has 0 spiro atoms. The fourth-order valence-corrected chi connectivity index (χ4v) is 2.47. The Morgan fingerprint density at radius 2 is 2.16 bits per heavy atom. The Morgan fingerprint density at radius 3 is 2.74 bits per heavy atom. The van der Waals surface area contributed by atoms with E-state index in [1.54, 1.807) is 6.07 Å². The summed E-state index contributed by atoms with van der Waals surface area (Å²) in [6.07, 6.45) is 0. The van der Waals surface area contributed by atoms with Crippen LogP contribution in [-0.4, -0.2) is 42.5 Å². The van der Waals surface area contributed by atoms with Gasteiger partial charge in [0.1, 0.15) is 0 Å². The first-order chi connectivity index (χ1) is 9.01. The van der Waals surface area contributed by atoms with Gasteiger partial charge in [-0.15, -0.1) is 0 Å². The fraction of sp³-hybridized carbons (Fsp3) is 0.500. The number of hydrogen-bond donors (Lipinski definition) is 2. The normalized spacial score (nSPS) is 20.4. The number of rotatable bonds is 3. The molecule has 0 bridgehead atoms. The molecule has 0 radical (unpaired) electrons. The monoisotopic (exact) mass is 265 g/mol. The van der Waals surface area contributed by atoms with Crippen molar-refractivity contribution in [3.05, 3.63) is 28.3 Å². The first kappa shape index (κ1) is 13.6. The van der Waals surface area contributed by atoms with Crippen molar-refractivity contribution < 1.29 is 4.92 Å². The maximum atomic E-state index is 10.9. The minimum Gasteiger partial charge on any atom is -0.366 e. The van der Waals surface area contributed by atoms with E-state index in [2.05, 4.69) is 29.2 Å². The van der Waals surface area contributed by atoms with E-state index in [1.807, 2.05) is 6.07 Å². The molecule has 1 atom stereocenters. The zero-order valence-electron chi connectivity index (χ0n) is 11.2. The van der Waals surface area contributed by atoms with E-state index in [1.165, 1.54) is 6.07 Å². The van der Waals surface area contributed by atoms with Crippen LogP contribution < -0.4 is 16.2 Å². The summed E-state index contributed by atoms with van der Waals surface area (Å²) in [5.41, 5.74) is 3.92. The summed E-state index contributed by atoms with van der Waals surface area (Å²) in [7, 11) is 2.08. The summed E-state index contributed by atoms with van der Waals surface area (Å²) in [6, 6.07) is 5.19. The third-order valence-electron chi connectivity index (χ3n) is 3.44. The summed E-state index contributed by atoms with van der Waals surface area (Å²) < 4.78 is 0. The zero-order chi connectivity index (χ0) is 14.0. The molecule has 0 saturated carbocycles. The van der Waals surface area contributed by atoms with E-state index < -0.39 is 4.92 Å². The quantitative estimate of drug-likeness (QED) is 0.482. The highest BCUT2D eigenvalue weighted by Gasteiger charge is 2.23. The highest BCUT2D eigenvalue weighted by atomic mass is 16.6. The molecular weight excluding hydrogens is 246 g/mol. The summed E-state index contributed by atoms with van der Waals surface area (Å²) >= 11 is 0. The van der Waals surface area contributed by atoms with Crippen LogP contribution in [0.15, 0.2) is 18.2 Å². The second kappa shape index (κ2) is 5.41. The molecule has 1 aromatic carbocycles. The SMILES string of the molecule is CC1CN(C)CCN1c1cc(NN)cc([N+](=O)[O-])c1. The molecule has 104 valence electrons. The van der Waals surface area contributed by atoms with Gasteiger partial charge in [0.05, 0.1) is 10.6 Å². The highest BCUT2D eigenvalue weighted by molar-refractivity contribution is 5.64. The molecule has 1 aliphatic heterocycles. The van der Waals surface area contributed by atoms with E-state index in [9.17, 15) is 10.1 Å². The van der Waals surface area contributed by atoms with Crippen molar-refractivity contribution in [1.29, 1.82) is 0 Å². The van der Waals surface area contributed by atoms with Gasteiger partial charge in [0.25, 0.3) is 5.69 Å². The van der Waals surface area contributed by atoms with Crippen molar-refractivity contribution in [2.45, 2.75) is 13.0 Å². The molecule has 1 fully saturated rings. The Balaban J connectivity index is 2.33. The van der Waals surface area contributed by atoms with Crippen molar-refractivity contribution in [2.24, 2.45) is 5.84 Å². The van der Waals surface area contributed by atoms with Crippen LogP contribution in [-0.2, 0) is 0 Å². The lowest BCUT2D eigenvalue weighted by molar-refractivity contribution is -0.384. The maximum absolute atomic E-state index is 10.9. The van der Waals surface area contributed by atoms with Crippen LogP contribution in [0, 0.1) is 10.1 Å². The Labute approximate surface area is 112 Å². The van der Waals surface area contributed by atoms with E-state index in [0.717, 1.165) is 25.3 Å². The molecule has 7 nitrogen and oxygen atoms in total. The van der Waals surface area contributed by atoms with Gasteiger partial charge in [0, 0.05) is 43.5 Å². The standard InChI is InChI=1S/C12H19N5O2/c1-9-8-15(2)3-4-16(9)11-5-10(14-13)6-12(7-11)17(18)19/h5-7,9,14H,3-4,8,13H2,1-2H3. The zero-order valence-corrected chi connectivity index (χ0v) is 11.2. The molecule has 0 aromatic heterocycles. The number of hydrazine groups is 1. The number of nitrogens with two attached hydrogens (primary N) is 1. The summed E-state index contributed by atoms with van der Waals surface area (Å²) in [4.78, 5) is 15.0. The second-order valence-electron chi connectivity index (χ2n) is 4.94. The molecule has 3 N–H and O–H groups in total. The molecule has 1 heterocycles. The first-order valence-corrected chi connectivity index (χ1v) is 6.22. The molecule has 0 amide bonds. The molecule has 1 unspecified atom stereocenters. The smallest absolute Gasteiger partial charge is 0.273 e. The molecule has 0 aliphatic carbocycles. The van der Waals surface area contributed by atoms with Crippen molar-refractivity contribution in [3.8, 4) is 0 Å². The predicted octanol–water partition coefficient (Wildman–Crippen LogP) is 1.02. The Bertz CT molecular complexity index is 479. The third kappa shape index (κ3) is 2.94. The van der Waals surface area contributed by atoms with Gasteiger partial charge >= 0.3 is 0 Å². The second-order valence-corrected chi connectivity index (χ2v) is 4.94. The number of nitrogen functional groups attached to an aromatic ring is 1. The maximum Gasteiger partial charge on any atom is 0.273 e. The van der Waals surface area contributed by atoms with Gasteiger partial charge in [0.2, 0.25) is 0 Å². The Kier molecular flexibility index (Phi) is 3.87. The van der Waals surface area contributed by atoms with E-state index >= 15 is 0 Å². The number of anilines is 2. The van der Waals surface area contributed by atoms with Crippen LogP contribution in [0.3, 0.4) is 0 Å². The number of likely N-dealkylation sites (N-methyl/N-ethyl adjacent to an activating group) is 1. The van der Waals surface area contributed by atoms with E-state index in [-0.39, 0.29) is 5.69 Å².